The number of hydrogen-bond acceptors (Lipinski definition) is 4. The van der Waals surface area contributed by atoms with E-state index in [1.807, 2.05) is 42.5 Å². The number of methoxy groups -OCH3 is 1. The van der Waals surface area contributed by atoms with Gasteiger partial charge in [-0.25, -0.2) is 0 Å². The average molecular weight is 395 g/mol. The molecule has 0 aromatic heterocycles. The summed E-state index contributed by atoms with van der Waals surface area (Å²) in [5.41, 5.74) is 2.35. The van der Waals surface area contributed by atoms with Crippen molar-refractivity contribution in [2.24, 2.45) is 5.41 Å². The third-order valence-electron chi connectivity index (χ3n) is 6.25. The lowest BCUT2D eigenvalue weighted by molar-refractivity contribution is -0.124. The van der Waals surface area contributed by atoms with Crippen molar-refractivity contribution in [3.8, 4) is 5.75 Å². The summed E-state index contributed by atoms with van der Waals surface area (Å²) in [5, 5.41) is 3.34. The average Bonchev–Trinajstić information content (AvgIpc) is 3.14. The van der Waals surface area contributed by atoms with E-state index in [4.69, 9.17) is 9.47 Å². The first-order valence-corrected chi connectivity index (χ1v) is 10.4. The van der Waals surface area contributed by atoms with Crippen LogP contribution in [0.1, 0.15) is 24.0 Å². The van der Waals surface area contributed by atoms with E-state index < -0.39 is 0 Å². The molecule has 2 aromatic rings. The lowest BCUT2D eigenvalue weighted by Gasteiger charge is -2.41. The lowest BCUT2D eigenvalue weighted by Crippen LogP contribution is -2.55. The summed E-state index contributed by atoms with van der Waals surface area (Å²) in [4.78, 5) is 15.2. The number of hydrogen-bond donors (Lipinski definition) is 1. The molecule has 2 atom stereocenters. The van der Waals surface area contributed by atoms with E-state index in [0.717, 1.165) is 57.0 Å². The van der Waals surface area contributed by atoms with E-state index in [0.29, 0.717) is 6.42 Å². The molecule has 1 amide bonds. The first kappa shape index (κ1) is 19.9. The Morgan fingerprint density at radius 3 is 2.72 bits per heavy atom. The highest BCUT2D eigenvalue weighted by Gasteiger charge is 2.47. The third-order valence-corrected chi connectivity index (χ3v) is 6.25. The quantitative estimate of drug-likeness (QED) is 0.818. The van der Waals surface area contributed by atoms with Crippen LogP contribution in [0.25, 0.3) is 0 Å². The Balaban J connectivity index is 1.38. The van der Waals surface area contributed by atoms with Crippen molar-refractivity contribution in [2.75, 3.05) is 33.4 Å². The molecule has 2 heterocycles. The van der Waals surface area contributed by atoms with Crippen LogP contribution in [0.3, 0.4) is 0 Å². The monoisotopic (exact) mass is 394 g/mol. The molecule has 4 rings (SSSR count). The summed E-state index contributed by atoms with van der Waals surface area (Å²) in [6, 6.07) is 18.4. The maximum atomic E-state index is 12.7. The normalized spacial score (nSPS) is 24.5. The van der Waals surface area contributed by atoms with E-state index >= 15 is 0 Å². The van der Waals surface area contributed by atoms with E-state index in [2.05, 4.69) is 22.3 Å². The molecule has 0 saturated carbocycles. The van der Waals surface area contributed by atoms with Gasteiger partial charge >= 0.3 is 0 Å². The van der Waals surface area contributed by atoms with Crippen LogP contribution in [0.4, 0.5) is 0 Å². The first-order valence-electron chi connectivity index (χ1n) is 10.4. The maximum Gasteiger partial charge on any atom is 0.224 e. The first-order chi connectivity index (χ1) is 14.2. The van der Waals surface area contributed by atoms with Crippen LogP contribution in [0, 0.1) is 5.41 Å². The molecule has 2 saturated heterocycles. The van der Waals surface area contributed by atoms with Gasteiger partial charge in [0, 0.05) is 31.2 Å². The molecule has 2 aliphatic heterocycles. The highest BCUT2D eigenvalue weighted by molar-refractivity contribution is 5.79. The highest BCUT2D eigenvalue weighted by atomic mass is 16.5. The van der Waals surface area contributed by atoms with Crippen LogP contribution >= 0.6 is 0 Å². The summed E-state index contributed by atoms with van der Waals surface area (Å²) >= 11 is 0. The summed E-state index contributed by atoms with van der Waals surface area (Å²) in [6.07, 6.45) is 2.38. The van der Waals surface area contributed by atoms with Gasteiger partial charge in [-0.05, 0) is 42.6 Å². The maximum absolute atomic E-state index is 12.7. The van der Waals surface area contributed by atoms with Crippen LogP contribution in [-0.2, 0) is 22.5 Å². The van der Waals surface area contributed by atoms with Crippen molar-refractivity contribution < 1.29 is 14.3 Å². The van der Waals surface area contributed by atoms with Gasteiger partial charge in [0.2, 0.25) is 5.91 Å². The smallest absolute Gasteiger partial charge is 0.224 e. The Kier molecular flexibility index (Phi) is 6.16. The number of amides is 1. The van der Waals surface area contributed by atoms with Gasteiger partial charge in [-0.15, -0.1) is 0 Å². The number of ether oxygens (including phenoxy) is 2. The topological polar surface area (TPSA) is 50.8 Å². The number of carbonyl (C=O) groups excluding carboxylic acids is 1. The van der Waals surface area contributed by atoms with Crippen molar-refractivity contribution >= 4 is 5.91 Å². The van der Waals surface area contributed by atoms with Gasteiger partial charge in [-0.1, -0.05) is 42.5 Å². The van der Waals surface area contributed by atoms with E-state index in [1.54, 1.807) is 7.11 Å². The fourth-order valence-electron chi connectivity index (χ4n) is 4.65. The Hall–Kier alpha value is -2.37. The molecule has 5 heteroatoms. The SMILES string of the molecule is COc1ccc(CN2CC[C@@]3(COCC[C@H]3NC(=O)Cc3ccccc3)C2)cc1. The van der Waals surface area contributed by atoms with Gasteiger partial charge in [0.05, 0.1) is 20.1 Å². The second-order valence-electron chi connectivity index (χ2n) is 8.29. The second-order valence-corrected chi connectivity index (χ2v) is 8.29. The van der Waals surface area contributed by atoms with Crippen LogP contribution in [0.2, 0.25) is 0 Å². The van der Waals surface area contributed by atoms with Gasteiger partial charge in [-0.2, -0.15) is 0 Å². The van der Waals surface area contributed by atoms with Crippen molar-refractivity contribution in [2.45, 2.75) is 31.8 Å². The summed E-state index contributed by atoms with van der Waals surface area (Å²) in [7, 11) is 1.69. The van der Waals surface area contributed by atoms with E-state index in [-0.39, 0.29) is 17.4 Å². The molecule has 0 aliphatic carbocycles. The van der Waals surface area contributed by atoms with Gasteiger partial charge in [-0.3, -0.25) is 9.69 Å². The largest absolute Gasteiger partial charge is 0.497 e. The van der Waals surface area contributed by atoms with Crippen molar-refractivity contribution in [1.29, 1.82) is 0 Å². The van der Waals surface area contributed by atoms with Crippen LogP contribution in [-0.4, -0.2) is 50.3 Å². The number of benzene rings is 2. The zero-order chi connectivity index (χ0) is 20.1. The predicted molar refractivity (Wildman–Crippen MR) is 113 cm³/mol. The molecule has 1 N–H and O–H groups in total. The fourth-order valence-corrected chi connectivity index (χ4v) is 4.65. The molecule has 2 aliphatic rings. The molecule has 0 unspecified atom stereocenters. The number of nitrogens with one attached hydrogen (secondary N) is 1. The van der Waals surface area contributed by atoms with Crippen molar-refractivity contribution in [1.82, 2.24) is 10.2 Å². The van der Waals surface area contributed by atoms with Crippen molar-refractivity contribution in [3.05, 3.63) is 65.7 Å². The second kappa shape index (κ2) is 8.97. The Labute approximate surface area is 173 Å². The van der Waals surface area contributed by atoms with Crippen LogP contribution < -0.4 is 10.1 Å². The third kappa shape index (κ3) is 4.80. The molecule has 29 heavy (non-hydrogen) atoms. The zero-order valence-electron chi connectivity index (χ0n) is 17.1. The summed E-state index contributed by atoms with van der Waals surface area (Å²) < 4.78 is 11.1. The molecule has 154 valence electrons. The minimum absolute atomic E-state index is 0.0110. The Morgan fingerprint density at radius 1 is 1.17 bits per heavy atom. The van der Waals surface area contributed by atoms with Crippen LogP contribution in [0.15, 0.2) is 54.6 Å². The van der Waals surface area contributed by atoms with Gasteiger partial charge in [0.15, 0.2) is 0 Å². The summed E-state index contributed by atoms with van der Waals surface area (Å²) in [6.45, 7) is 4.34. The molecular formula is C24H30N2O3. The van der Waals surface area contributed by atoms with E-state index in [1.165, 1.54) is 5.56 Å². The fraction of sp³-hybridized carbons (Fsp3) is 0.458. The van der Waals surface area contributed by atoms with E-state index in [9.17, 15) is 4.79 Å². The number of rotatable bonds is 6. The number of carbonyl (C=O) groups is 1. The molecule has 0 bridgehead atoms. The molecule has 0 radical (unpaired) electrons. The highest BCUT2D eigenvalue weighted by Crippen LogP contribution is 2.39. The van der Waals surface area contributed by atoms with Gasteiger partial charge in [0.25, 0.3) is 0 Å². The minimum atomic E-state index is 0.0110. The predicted octanol–water partition coefficient (Wildman–Crippen LogP) is 3.04. The molecule has 2 aromatic carbocycles. The number of nitrogens with zero attached hydrogens (tertiary/aromatic N) is 1. The molecule has 1 spiro atoms. The number of likely N-dealkylation sites (tertiary alicyclic amines) is 1. The summed E-state index contributed by atoms with van der Waals surface area (Å²) in [5.74, 6) is 0.990. The van der Waals surface area contributed by atoms with Crippen molar-refractivity contribution in [3.63, 3.8) is 0 Å². The molecular weight excluding hydrogens is 364 g/mol. The Morgan fingerprint density at radius 2 is 1.97 bits per heavy atom. The van der Waals surface area contributed by atoms with Crippen LogP contribution in [0.5, 0.6) is 5.75 Å². The van der Waals surface area contributed by atoms with Gasteiger partial charge < -0.3 is 14.8 Å². The van der Waals surface area contributed by atoms with Gasteiger partial charge in [0.1, 0.15) is 5.75 Å². The molecule has 5 nitrogen and oxygen atoms in total. The Bertz CT molecular complexity index is 809. The lowest BCUT2D eigenvalue weighted by atomic mass is 9.77. The minimum Gasteiger partial charge on any atom is -0.497 e. The zero-order valence-corrected chi connectivity index (χ0v) is 17.1. The molecule has 2 fully saturated rings. The standard InChI is InChI=1S/C24H30N2O3/c1-28-21-9-7-20(8-10-21)16-26-13-12-24(17-26)18-29-14-11-22(24)25-23(27)15-19-5-3-2-4-6-19/h2-10,22H,11-18H2,1H3,(H,25,27)/t22-,24+/m1/s1.